The van der Waals surface area contributed by atoms with Crippen molar-refractivity contribution in [3.63, 3.8) is 0 Å². The van der Waals surface area contributed by atoms with E-state index in [-0.39, 0.29) is 6.61 Å². The van der Waals surface area contributed by atoms with E-state index < -0.39 is 0 Å². The van der Waals surface area contributed by atoms with Gasteiger partial charge in [-0.2, -0.15) is 0 Å². The summed E-state index contributed by atoms with van der Waals surface area (Å²) in [6.07, 6.45) is 0. The lowest BCUT2D eigenvalue weighted by Gasteiger charge is -2.09. The Morgan fingerprint density at radius 3 is 2.29 bits per heavy atom. The Bertz CT molecular complexity index is 624. The van der Waals surface area contributed by atoms with Crippen LogP contribution in [0.25, 0.3) is 5.03 Å². The van der Waals surface area contributed by atoms with Gasteiger partial charge in [0.15, 0.2) is 0 Å². The van der Waals surface area contributed by atoms with Crippen molar-refractivity contribution >= 4 is 44.3 Å². The third-order valence-corrected chi connectivity index (χ3v) is 4.96. The molecule has 0 aliphatic carbocycles. The number of methoxy groups -OCH3 is 1. The summed E-state index contributed by atoms with van der Waals surface area (Å²) >= 11 is 11.2. The van der Waals surface area contributed by atoms with Crippen LogP contribution in [0.1, 0.15) is 5.56 Å². The van der Waals surface area contributed by atoms with Crippen molar-refractivity contribution in [2.24, 2.45) is 0 Å². The minimum Gasteiger partial charge on any atom is -0.497 e. The second-order valence-corrected chi connectivity index (χ2v) is 6.64. The summed E-state index contributed by atoms with van der Waals surface area (Å²) in [7, 11) is 1.63. The van der Waals surface area contributed by atoms with Gasteiger partial charge in [-0.1, -0.05) is 51.4 Å². The Morgan fingerprint density at radius 1 is 1.14 bits per heavy atom. The number of rotatable bonds is 5. The monoisotopic (exact) mass is 384 g/mol. The molecule has 0 aliphatic heterocycles. The largest absolute Gasteiger partial charge is 0.497 e. The topological polar surface area (TPSA) is 29.5 Å². The van der Waals surface area contributed by atoms with Gasteiger partial charge in [0.1, 0.15) is 5.75 Å². The zero-order valence-corrected chi connectivity index (χ0v) is 14.5. The summed E-state index contributed by atoms with van der Waals surface area (Å²) in [6.45, 7) is -0.106. The van der Waals surface area contributed by atoms with Crippen LogP contribution in [0, 0.1) is 0 Å². The Balaban J connectivity index is 2.24. The molecule has 0 saturated carbocycles. The lowest BCUT2D eigenvalue weighted by molar-refractivity contribution is 0.340. The maximum Gasteiger partial charge on any atom is 0.118 e. The van der Waals surface area contributed by atoms with Crippen molar-refractivity contribution < 1.29 is 9.84 Å². The second-order valence-electron chi connectivity index (χ2n) is 4.18. The van der Waals surface area contributed by atoms with E-state index >= 15 is 0 Å². The van der Waals surface area contributed by atoms with Crippen molar-refractivity contribution in [2.75, 3.05) is 13.7 Å². The van der Waals surface area contributed by atoms with Crippen molar-refractivity contribution in [1.29, 1.82) is 0 Å². The summed E-state index contributed by atoms with van der Waals surface area (Å²) in [5.74, 6) is 0.799. The quantitative estimate of drug-likeness (QED) is 0.722. The molecule has 0 heterocycles. The molecule has 2 rings (SSSR count). The highest BCUT2D eigenvalue weighted by Crippen LogP contribution is 2.35. The number of benzene rings is 2. The molecule has 0 fully saturated rings. The number of hydrogen-bond donors (Lipinski definition) is 1. The predicted octanol–water partition coefficient (Wildman–Crippen LogP) is 5.15. The van der Waals surface area contributed by atoms with Crippen LogP contribution in [0.2, 0.25) is 0 Å². The zero-order chi connectivity index (χ0) is 15.2. The lowest BCUT2D eigenvalue weighted by atomic mass is 10.2. The van der Waals surface area contributed by atoms with E-state index in [2.05, 4.69) is 15.9 Å². The molecule has 0 unspecified atom stereocenters. The molecular formula is C16H14BrClO2S. The first-order chi connectivity index (χ1) is 10.1. The van der Waals surface area contributed by atoms with Crippen LogP contribution < -0.4 is 4.74 Å². The van der Waals surface area contributed by atoms with E-state index in [1.807, 2.05) is 48.5 Å². The highest BCUT2D eigenvalue weighted by Gasteiger charge is 2.09. The van der Waals surface area contributed by atoms with Gasteiger partial charge in [0.25, 0.3) is 0 Å². The molecule has 0 aliphatic rings. The molecule has 1 N–H and O–H groups in total. The summed E-state index contributed by atoms with van der Waals surface area (Å²) in [4.78, 5) is 1.71. The maximum absolute atomic E-state index is 9.58. The van der Waals surface area contributed by atoms with Gasteiger partial charge in [0, 0.05) is 14.3 Å². The van der Waals surface area contributed by atoms with Gasteiger partial charge in [0.2, 0.25) is 0 Å². The normalized spacial score (nSPS) is 12.0. The highest BCUT2D eigenvalue weighted by molar-refractivity contribution is 9.10. The first-order valence-corrected chi connectivity index (χ1v) is 8.20. The molecule has 110 valence electrons. The number of ether oxygens (including phenoxy) is 1. The third kappa shape index (κ3) is 4.51. The van der Waals surface area contributed by atoms with E-state index in [9.17, 15) is 5.11 Å². The Morgan fingerprint density at radius 2 is 1.76 bits per heavy atom. The fourth-order valence-electron chi connectivity index (χ4n) is 1.69. The lowest BCUT2D eigenvalue weighted by Crippen LogP contribution is -1.90. The first-order valence-electron chi connectivity index (χ1n) is 6.21. The van der Waals surface area contributed by atoms with Crippen molar-refractivity contribution in [3.05, 3.63) is 63.5 Å². The standard InChI is InChI=1S/C16H14BrClO2S/c1-20-13-6-8-14(9-7-13)21-15(10-19)16(18)11-2-4-12(17)5-3-11/h2-9,19H,10H2,1H3/b16-15+. The van der Waals surface area contributed by atoms with Gasteiger partial charge in [-0.25, -0.2) is 0 Å². The summed E-state index contributed by atoms with van der Waals surface area (Å²) < 4.78 is 6.12. The van der Waals surface area contributed by atoms with Crippen LogP contribution in [0.5, 0.6) is 5.75 Å². The van der Waals surface area contributed by atoms with Gasteiger partial charge >= 0.3 is 0 Å². The van der Waals surface area contributed by atoms with Gasteiger partial charge in [-0.15, -0.1) is 0 Å². The first kappa shape index (κ1) is 16.4. The van der Waals surface area contributed by atoms with Gasteiger partial charge in [-0.05, 0) is 42.0 Å². The van der Waals surface area contributed by atoms with Crippen molar-refractivity contribution in [1.82, 2.24) is 0 Å². The maximum atomic E-state index is 9.58. The van der Waals surface area contributed by atoms with Crippen LogP contribution in [0.3, 0.4) is 0 Å². The molecular weight excluding hydrogens is 372 g/mol. The third-order valence-electron chi connectivity index (χ3n) is 2.79. The van der Waals surface area contributed by atoms with E-state index in [0.717, 1.165) is 20.7 Å². The SMILES string of the molecule is COc1ccc(S/C(CO)=C(/Cl)c2ccc(Br)cc2)cc1. The minimum atomic E-state index is -0.106. The molecule has 2 aromatic carbocycles. The van der Waals surface area contributed by atoms with Crippen LogP contribution in [-0.4, -0.2) is 18.8 Å². The fourth-order valence-corrected chi connectivity index (χ4v) is 3.08. The molecule has 5 heteroatoms. The van der Waals surface area contributed by atoms with Crippen LogP contribution in [-0.2, 0) is 0 Å². The molecule has 0 radical (unpaired) electrons. The molecule has 2 nitrogen and oxygen atoms in total. The van der Waals surface area contributed by atoms with Gasteiger partial charge < -0.3 is 9.84 Å². The van der Waals surface area contributed by atoms with Crippen LogP contribution >= 0.6 is 39.3 Å². The van der Waals surface area contributed by atoms with Crippen molar-refractivity contribution in [3.8, 4) is 5.75 Å². The van der Waals surface area contributed by atoms with Gasteiger partial charge in [-0.3, -0.25) is 0 Å². The van der Waals surface area contributed by atoms with Gasteiger partial charge in [0.05, 0.1) is 18.7 Å². The molecule has 0 spiro atoms. The number of thioether (sulfide) groups is 1. The Labute approximate surface area is 141 Å². The molecule has 0 saturated heterocycles. The number of halogens is 2. The average molecular weight is 386 g/mol. The van der Waals surface area contributed by atoms with E-state index in [1.54, 1.807) is 7.11 Å². The average Bonchev–Trinajstić information content (AvgIpc) is 2.53. The summed E-state index contributed by atoms with van der Waals surface area (Å²) in [5.41, 5.74) is 0.880. The Kier molecular flexibility index (Phi) is 6.18. The fraction of sp³-hybridized carbons (Fsp3) is 0.125. The number of aliphatic hydroxyl groups is 1. The summed E-state index contributed by atoms with van der Waals surface area (Å²) in [6, 6.07) is 15.3. The molecule has 0 aromatic heterocycles. The minimum absolute atomic E-state index is 0.106. The second kappa shape index (κ2) is 7.90. The summed E-state index contributed by atoms with van der Waals surface area (Å²) in [5, 5.41) is 10.1. The highest BCUT2D eigenvalue weighted by atomic mass is 79.9. The van der Waals surface area contributed by atoms with Crippen molar-refractivity contribution in [2.45, 2.75) is 4.90 Å². The smallest absolute Gasteiger partial charge is 0.118 e. The molecule has 0 atom stereocenters. The number of hydrogen-bond acceptors (Lipinski definition) is 3. The van der Waals surface area contributed by atoms with E-state index in [4.69, 9.17) is 16.3 Å². The Hall–Kier alpha value is -0.940. The molecule has 0 amide bonds. The molecule has 21 heavy (non-hydrogen) atoms. The molecule has 0 bridgehead atoms. The molecule has 2 aromatic rings. The predicted molar refractivity (Wildman–Crippen MR) is 92.9 cm³/mol. The number of aliphatic hydroxyl groups excluding tert-OH is 1. The van der Waals surface area contributed by atoms with Crippen LogP contribution in [0.15, 0.2) is 62.8 Å². The zero-order valence-electron chi connectivity index (χ0n) is 11.3. The van der Waals surface area contributed by atoms with Crippen LogP contribution in [0.4, 0.5) is 0 Å². The van der Waals surface area contributed by atoms with E-state index in [1.165, 1.54) is 11.8 Å². The van der Waals surface area contributed by atoms with E-state index in [0.29, 0.717) is 9.94 Å².